The largest absolute Gasteiger partial charge is 0.314 e. The van der Waals surface area contributed by atoms with Gasteiger partial charge in [0.15, 0.2) is 0 Å². The van der Waals surface area contributed by atoms with Crippen LogP contribution >= 0.6 is 11.6 Å². The van der Waals surface area contributed by atoms with Crippen LogP contribution in [0.15, 0.2) is 0 Å². The minimum atomic E-state index is 0.386. The fourth-order valence-corrected chi connectivity index (χ4v) is 6.48. The van der Waals surface area contributed by atoms with Gasteiger partial charge < -0.3 is 5.32 Å². The van der Waals surface area contributed by atoms with Crippen LogP contribution in [0, 0.1) is 29.6 Å². The normalized spacial score (nSPS) is 31.5. The first-order chi connectivity index (χ1) is 14.5. The van der Waals surface area contributed by atoms with Crippen molar-refractivity contribution < 1.29 is 0 Å². The third-order valence-corrected chi connectivity index (χ3v) is 9.22. The fourth-order valence-electron chi connectivity index (χ4n) is 6.14. The van der Waals surface area contributed by atoms with Gasteiger partial charge in [0.2, 0.25) is 0 Å². The Balaban J connectivity index is 1.97. The van der Waals surface area contributed by atoms with Gasteiger partial charge in [-0.15, -0.1) is 11.6 Å². The summed E-state index contributed by atoms with van der Waals surface area (Å²) in [6, 6.07) is 0.718. The van der Waals surface area contributed by atoms with E-state index in [2.05, 4.69) is 33.0 Å². The number of rotatable bonds is 11. The van der Waals surface area contributed by atoms with Gasteiger partial charge in [0.25, 0.3) is 0 Å². The molecule has 1 N–H and O–H groups in total. The summed E-state index contributed by atoms with van der Waals surface area (Å²) in [7, 11) is 0. The standard InChI is InChI=1S/C28H54ClN/c1-5-11-26(29)19-18-25-13-8-7-12-23(4)27(24-14-9-15-24)16-10-17-28(25)30-21-20-22(3)6-2/h22-28,30H,5-21H2,1-4H3. The van der Waals surface area contributed by atoms with Gasteiger partial charge in [-0.05, 0) is 81.1 Å². The lowest BCUT2D eigenvalue weighted by atomic mass is 9.68. The van der Waals surface area contributed by atoms with E-state index in [-0.39, 0.29) is 0 Å². The first kappa shape index (κ1) is 26.5. The van der Waals surface area contributed by atoms with Gasteiger partial charge in [-0.25, -0.2) is 0 Å². The van der Waals surface area contributed by atoms with Crippen molar-refractivity contribution in [1.29, 1.82) is 0 Å². The van der Waals surface area contributed by atoms with E-state index in [0.717, 1.165) is 35.6 Å². The molecule has 0 aliphatic heterocycles. The van der Waals surface area contributed by atoms with Crippen molar-refractivity contribution in [3.63, 3.8) is 0 Å². The van der Waals surface area contributed by atoms with E-state index in [1.165, 1.54) is 109 Å². The second-order valence-electron chi connectivity index (χ2n) is 11.1. The molecule has 2 heteroatoms. The van der Waals surface area contributed by atoms with Crippen molar-refractivity contribution in [2.24, 2.45) is 29.6 Å². The zero-order chi connectivity index (χ0) is 21.8. The average molecular weight is 440 g/mol. The molecule has 2 fully saturated rings. The molecule has 2 rings (SSSR count). The summed E-state index contributed by atoms with van der Waals surface area (Å²) in [5.41, 5.74) is 0. The monoisotopic (exact) mass is 439 g/mol. The van der Waals surface area contributed by atoms with Crippen LogP contribution < -0.4 is 5.32 Å². The molecule has 178 valence electrons. The van der Waals surface area contributed by atoms with Crippen LogP contribution in [0.4, 0.5) is 0 Å². The molecule has 0 spiro atoms. The Bertz CT molecular complexity index is 421. The van der Waals surface area contributed by atoms with Gasteiger partial charge in [-0.2, -0.15) is 0 Å². The molecule has 6 unspecified atom stereocenters. The lowest BCUT2D eigenvalue weighted by Crippen LogP contribution is -2.38. The molecule has 0 radical (unpaired) electrons. The molecule has 0 aromatic rings. The Morgan fingerprint density at radius 3 is 2.27 bits per heavy atom. The first-order valence-electron chi connectivity index (χ1n) is 13.9. The molecule has 2 aliphatic rings. The van der Waals surface area contributed by atoms with Crippen LogP contribution in [-0.2, 0) is 0 Å². The predicted molar refractivity (Wildman–Crippen MR) is 135 cm³/mol. The Kier molecular flexibility index (Phi) is 13.4. The maximum absolute atomic E-state index is 6.65. The van der Waals surface area contributed by atoms with E-state index in [9.17, 15) is 0 Å². The van der Waals surface area contributed by atoms with Crippen LogP contribution in [0.25, 0.3) is 0 Å². The molecule has 0 saturated heterocycles. The Morgan fingerprint density at radius 1 is 0.867 bits per heavy atom. The highest BCUT2D eigenvalue weighted by Crippen LogP contribution is 2.42. The smallest absolute Gasteiger partial charge is 0.0336 e. The number of alkyl halides is 1. The number of halogens is 1. The molecular weight excluding hydrogens is 386 g/mol. The third kappa shape index (κ3) is 9.40. The van der Waals surface area contributed by atoms with E-state index >= 15 is 0 Å². The highest BCUT2D eigenvalue weighted by molar-refractivity contribution is 6.20. The minimum absolute atomic E-state index is 0.386. The Hall–Kier alpha value is 0.250. The number of nitrogens with one attached hydrogen (secondary N) is 1. The summed E-state index contributed by atoms with van der Waals surface area (Å²) >= 11 is 6.65. The van der Waals surface area contributed by atoms with Crippen LogP contribution in [0.5, 0.6) is 0 Å². The van der Waals surface area contributed by atoms with Gasteiger partial charge >= 0.3 is 0 Å². The third-order valence-electron chi connectivity index (χ3n) is 8.79. The molecule has 30 heavy (non-hydrogen) atoms. The zero-order valence-electron chi connectivity index (χ0n) is 20.9. The fraction of sp³-hybridized carbons (Fsp3) is 1.00. The lowest BCUT2D eigenvalue weighted by molar-refractivity contribution is 0.132. The molecule has 0 aromatic carbocycles. The number of hydrogen-bond donors (Lipinski definition) is 1. The second-order valence-corrected chi connectivity index (χ2v) is 11.8. The first-order valence-corrected chi connectivity index (χ1v) is 14.4. The van der Waals surface area contributed by atoms with Gasteiger partial charge in [0.1, 0.15) is 0 Å². The van der Waals surface area contributed by atoms with E-state index in [1.807, 2.05) is 0 Å². The summed E-state index contributed by atoms with van der Waals surface area (Å²) < 4.78 is 0. The summed E-state index contributed by atoms with van der Waals surface area (Å²) in [6.45, 7) is 10.8. The van der Waals surface area contributed by atoms with Gasteiger partial charge in [-0.3, -0.25) is 0 Å². The molecule has 0 amide bonds. The quantitative estimate of drug-likeness (QED) is 0.316. The minimum Gasteiger partial charge on any atom is -0.314 e. The SMILES string of the molecule is CCCC(Cl)CCC1CCCCC(C)C(C2CCC2)CCCC1NCCC(C)CC. The lowest BCUT2D eigenvalue weighted by Gasteiger charge is -2.38. The molecule has 2 saturated carbocycles. The molecule has 0 heterocycles. The zero-order valence-corrected chi connectivity index (χ0v) is 21.7. The summed E-state index contributed by atoms with van der Waals surface area (Å²) in [5, 5.41) is 4.46. The highest BCUT2D eigenvalue weighted by atomic mass is 35.5. The molecule has 6 atom stereocenters. The number of hydrogen-bond acceptors (Lipinski definition) is 1. The Morgan fingerprint density at radius 2 is 1.60 bits per heavy atom. The van der Waals surface area contributed by atoms with Gasteiger partial charge in [0, 0.05) is 11.4 Å². The summed E-state index contributed by atoms with van der Waals surface area (Å²) in [5.74, 6) is 4.68. The topological polar surface area (TPSA) is 12.0 Å². The highest BCUT2D eigenvalue weighted by Gasteiger charge is 2.32. The van der Waals surface area contributed by atoms with Crippen molar-refractivity contribution in [1.82, 2.24) is 5.32 Å². The van der Waals surface area contributed by atoms with Crippen molar-refractivity contribution >= 4 is 11.6 Å². The van der Waals surface area contributed by atoms with Gasteiger partial charge in [0.05, 0.1) is 0 Å². The van der Waals surface area contributed by atoms with Gasteiger partial charge in [-0.1, -0.05) is 85.5 Å². The van der Waals surface area contributed by atoms with Crippen LogP contribution in [-0.4, -0.2) is 18.0 Å². The van der Waals surface area contributed by atoms with Crippen molar-refractivity contribution in [2.45, 2.75) is 142 Å². The molecule has 2 aliphatic carbocycles. The molecule has 1 nitrogen and oxygen atoms in total. The maximum Gasteiger partial charge on any atom is 0.0336 e. The predicted octanol–water partition coefficient (Wildman–Crippen LogP) is 8.98. The maximum atomic E-state index is 6.65. The van der Waals surface area contributed by atoms with E-state index in [4.69, 9.17) is 11.6 Å². The van der Waals surface area contributed by atoms with E-state index in [1.54, 1.807) is 0 Å². The van der Waals surface area contributed by atoms with Crippen LogP contribution in [0.3, 0.4) is 0 Å². The summed E-state index contributed by atoms with van der Waals surface area (Å²) in [6.07, 6.45) is 22.2. The second kappa shape index (κ2) is 15.2. The van der Waals surface area contributed by atoms with Crippen molar-refractivity contribution in [3.8, 4) is 0 Å². The van der Waals surface area contributed by atoms with Crippen LogP contribution in [0.2, 0.25) is 0 Å². The average Bonchev–Trinajstić information content (AvgIpc) is 2.72. The molecule has 0 aromatic heterocycles. The van der Waals surface area contributed by atoms with E-state index in [0.29, 0.717) is 5.38 Å². The summed E-state index contributed by atoms with van der Waals surface area (Å²) in [4.78, 5) is 0. The van der Waals surface area contributed by atoms with Crippen LogP contribution in [0.1, 0.15) is 130 Å². The Labute approximate surface area is 194 Å². The molecule has 0 bridgehead atoms. The van der Waals surface area contributed by atoms with E-state index < -0.39 is 0 Å². The van der Waals surface area contributed by atoms with Crippen molar-refractivity contribution in [2.75, 3.05) is 6.54 Å². The molecular formula is C28H54ClN. The van der Waals surface area contributed by atoms with Crippen molar-refractivity contribution in [3.05, 3.63) is 0 Å².